The van der Waals surface area contributed by atoms with E-state index in [0.717, 1.165) is 11.3 Å². The molecule has 0 radical (unpaired) electrons. The van der Waals surface area contributed by atoms with Gasteiger partial charge in [-0.1, -0.05) is 19.4 Å². The molecule has 0 spiro atoms. The monoisotopic (exact) mass is 583 g/mol. The Kier molecular flexibility index (Phi) is 9.75. The number of esters is 2. The molecule has 0 fully saturated rings. The molecule has 220 valence electrons. The third-order valence-corrected chi connectivity index (χ3v) is 8.37. The van der Waals surface area contributed by atoms with Crippen LogP contribution in [0.25, 0.3) is 0 Å². The molecule has 4 rings (SSSR count). The van der Waals surface area contributed by atoms with Crippen LogP contribution in [0.4, 0.5) is 0 Å². The van der Waals surface area contributed by atoms with E-state index in [1.165, 1.54) is 32.7 Å². The number of thiophene rings is 1. The third-order valence-electron chi connectivity index (χ3n) is 7.37. The molecule has 1 aromatic carbocycles. The maximum Gasteiger partial charge on any atom is 0.336 e. The van der Waals surface area contributed by atoms with E-state index in [0.29, 0.717) is 58.2 Å². The quantitative estimate of drug-likeness (QED) is 0.280. The van der Waals surface area contributed by atoms with Gasteiger partial charge in [-0.25, -0.2) is 4.79 Å². The molecule has 2 aromatic rings. The first-order valence-electron chi connectivity index (χ1n) is 13.8. The minimum Gasteiger partial charge on any atom is -0.493 e. The second-order valence-electron chi connectivity index (χ2n) is 9.69. The Hall–Kier alpha value is -3.79. The molecule has 3 atom stereocenters. The van der Waals surface area contributed by atoms with E-state index in [9.17, 15) is 14.4 Å². The van der Waals surface area contributed by atoms with Gasteiger partial charge in [0.25, 0.3) is 0 Å². The van der Waals surface area contributed by atoms with Gasteiger partial charge in [-0.05, 0) is 55.8 Å². The molecule has 9 nitrogen and oxygen atoms in total. The number of ketones is 1. The Morgan fingerprint density at radius 1 is 1.00 bits per heavy atom. The van der Waals surface area contributed by atoms with E-state index in [1.807, 2.05) is 24.4 Å². The average molecular weight is 584 g/mol. The van der Waals surface area contributed by atoms with E-state index < -0.39 is 29.7 Å². The average Bonchev–Trinajstić information content (AvgIpc) is 3.51. The first-order chi connectivity index (χ1) is 19.8. The summed E-state index contributed by atoms with van der Waals surface area (Å²) in [5.41, 5.74) is 2.62. The number of carbonyl (C=O) groups excluding carboxylic acids is 3. The predicted octanol–water partition coefficient (Wildman–Crippen LogP) is 5.27. The Balaban J connectivity index is 2.00. The van der Waals surface area contributed by atoms with Gasteiger partial charge in [-0.3, -0.25) is 9.59 Å². The minimum atomic E-state index is -1.06. The number of ether oxygens (including phenoxy) is 5. The lowest BCUT2D eigenvalue weighted by Gasteiger charge is -2.39. The number of hydrogen-bond donors (Lipinski definition) is 1. The number of rotatable bonds is 11. The zero-order valence-corrected chi connectivity index (χ0v) is 25.1. The summed E-state index contributed by atoms with van der Waals surface area (Å²) in [6.07, 6.45) is 1.71. The van der Waals surface area contributed by atoms with Gasteiger partial charge < -0.3 is 29.0 Å². The van der Waals surface area contributed by atoms with Gasteiger partial charge in [-0.15, -0.1) is 11.3 Å². The number of benzene rings is 1. The van der Waals surface area contributed by atoms with Crippen molar-refractivity contribution in [3.05, 3.63) is 62.6 Å². The molecule has 10 heteroatoms. The molecule has 41 heavy (non-hydrogen) atoms. The Labute approximate surface area is 244 Å². The second-order valence-corrected chi connectivity index (χ2v) is 10.7. The number of carbonyl (C=O) groups is 3. The van der Waals surface area contributed by atoms with E-state index in [-0.39, 0.29) is 19.0 Å². The summed E-state index contributed by atoms with van der Waals surface area (Å²) in [6, 6.07) is 7.32. The van der Waals surface area contributed by atoms with Crippen molar-refractivity contribution in [3.8, 4) is 17.2 Å². The summed E-state index contributed by atoms with van der Waals surface area (Å²) in [5, 5.41) is 5.37. The summed E-state index contributed by atoms with van der Waals surface area (Å²) < 4.78 is 27.7. The smallest absolute Gasteiger partial charge is 0.336 e. The van der Waals surface area contributed by atoms with Crippen molar-refractivity contribution in [1.82, 2.24) is 5.32 Å². The summed E-state index contributed by atoms with van der Waals surface area (Å²) >= 11 is 1.50. The molecule has 1 aliphatic carbocycles. The summed E-state index contributed by atoms with van der Waals surface area (Å²) in [5.74, 6) is -2.65. The fourth-order valence-electron chi connectivity index (χ4n) is 5.72. The number of dihydropyridines is 1. The number of methoxy groups -OCH3 is 3. The second kappa shape index (κ2) is 13.2. The van der Waals surface area contributed by atoms with Crippen molar-refractivity contribution < 1.29 is 38.1 Å². The van der Waals surface area contributed by atoms with Crippen LogP contribution in [0.3, 0.4) is 0 Å². The van der Waals surface area contributed by atoms with Gasteiger partial charge in [0.2, 0.25) is 5.75 Å². The van der Waals surface area contributed by atoms with Gasteiger partial charge in [-0.2, -0.15) is 0 Å². The Morgan fingerprint density at radius 2 is 1.68 bits per heavy atom. The van der Waals surface area contributed by atoms with Crippen molar-refractivity contribution in [1.29, 1.82) is 0 Å². The van der Waals surface area contributed by atoms with Crippen LogP contribution in [0, 0.1) is 5.92 Å². The fraction of sp³-hybridized carbons (Fsp3) is 0.452. The van der Waals surface area contributed by atoms with Gasteiger partial charge in [0.15, 0.2) is 17.3 Å². The summed E-state index contributed by atoms with van der Waals surface area (Å²) in [7, 11) is 4.52. The molecule has 1 aliphatic heterocycles. The van der Waals surface area contributed by atoms with Crippen molar-refractivity contribution in [2.75, 3.05) is 34.5 Å². The van der Waals surface area contributed by atoms with Gasteiger partial charge in [0, 0.05) is 33.7 Å². The lowest BCUT2D eigenvalue weighted by Crippen LogP contribution is -2.43. The van der Waals surface area contributed by atoms with Crippen LogP contribution in [0.1, 0.15) is 62.3 Å². The zero-order chi connectivity index (χ0) is 29.7. The highest BCUT2D eigenvalue weighted by Gasteiger charge is 2.50. The SMILES string of the molecule is CCCC1=C(C(=O)OCC)[C@H](c2cc(OC)c(OC)c(OC)c2)C2=C(C[C@@H](c3cccs3)[C@@H](C(=O)OCC)C2=O)N1. The van der Waals surface area contributed by atoms with Gasteiger partial charge >= 0.3 is 11.9 Å². The summed E-state index contributed by atoms with van der Waals surface area (Å²) in [6.45, 7) is 5.79. The highest BCUT2D eigenvalue weighted by Crippen LogP contribution is 2.51. The zero-order valence-electron chi connectivity index (χ0n) is 24.3. The molecule has 0 saturated heterocycles. The molecule has 0 bridgehead atoms. The molecule has 1 N–H and O–H groups in total. The van der Waals surface area contributed by atoms with Crippen LogP contribution < -0.4 is 19.5 Å². The molecule has 0 unspecified atom stereocenters. The van der Waals surface area contributed by atoms with E-state index in [1.54, 1.807) is 26.0 Å². The van der Waals surface area contributed by atoms with Crippen LogP contribution >= 0.6 is 11.3 Å². The maximum atomic E-state index is 14.5. The first kappa shape index (κ1) is 30.2. The number of Topliss-reactive ketones (excluding diaryl/α,β-unsaturated/α-hetero) is 1. The highest BCUT2D eigenvalue weighted by atomic mass is 32.1. The third kappa shape index (κ3) is 5.70. The van der Waals surface area contributed by atoms with Crippen molar-refractivity contribution in [2.24, 2.45) is 5.92 Å². The number of hydrogen-bond acceptors (Lipinski definition) is 10. The molecule has 0 saturated carbocycles. The first-order valence-corrected chi connectivity index (χ1v) is 14.7. The normalized spacial score (nSPS) is 20.2. The number of nitrogens with one attached hydrogen (secondary N) is 1. The standard InChI is InChI=1S/C31H37NO8S/c1-7-11-19-27(31(35)40-9-3)24(17-14-21(36-4)29(38-6)22(15-17)37-5)26-20(32-19)16-18(23-12-10-13-41-23)25(28(26)33)30(34)39-8-2/h10,12-15,18,24-25,32H,7-9,11,16H2,1-6H3/t18-,24+,25+/m0/s1. The lowest BCUT2D eigenvalue weighted by molar-refractivity contribution is -0.152. The van der Waals surface area contributed by atoms with Crippen LogP contribution in [0.2, 0.25) is 0 Å². The lowest BCUT2D eigenvalue weighted by atomic mass is 9.68. The fourth-order valence-corrected chi connectivity index (χ4v) is 6.58. The molecule has 1 aromatic heterocycles. The van der Waals surface area contributed by atoms with Crippen LogP contribution in [-0.2, 0) is 23.9 Å². The van der Waals surface area contributed by atoms with E-state index in [4.69, 9.17) is 23.7 Å². The van der Waals surface area contributed by atoms with Gasteiger partial charge in [0.05, 0.1) is 40.1 Å². The van der Waals surface area contributed by atoms with E-state index >= 15 is 0 Å². The largest absolute Gasteiger partial charge is 0.493 e. The topological polar surface area (TPSA) is 109 Å². The van der Waals surface area contributed by atoms with Crippen molar-refractivity contribution in [2.45, 2.75) is 51.9 Å². The molecular formula is C31H37NO8S. The Bertz CT molecular complexity index is 1340. The minimum absolute atomic E-state index is 0.148. The van der Waals surface area contributed by atoms with Gasteiger partial charge in [0.1, 0.15) is 5.92 Å². The van der Waals surface area contributed by atoms with Crippen LogP contribution in [-0.4, -0.2) is 52.3 Å². The molecule has 0 amide bonds. The molecule has 2 aliphatic rings. The van der Waals surface area contributed by atoms with E-state index in [2.05, 4.69) is 5.32 Å². The van der Waals surface area contributed by atoms with Crippen LogP contribution in [0.15, 0.2) is 52.2 Å². The van der Waals surface area contributed by atoms with Crippen molar-refractivity contribution in [3.63, 3.8) is 0 Å². The van der Waals surface area contributed by atoms with Crippen molar-refractivity contribution >= 4 is 29.1 Å². The molecular weight excluding hydrogens is 546 g/mol. The summed E-state index contributed by atoms with van der Waals surface area (Å²) in [4.78, 5) is 42.4. The predicted molar refractivity (Wildman–Crippen MR) is 154 cm³/mol. The number of allylic oxidation sites excluding steroid dienone is 3. The highest BCUT2D eigenvalue weighted by molar-refractivity contribution is 7.10. The maximum absolute atomic E-state index is 14.5. The Morgan fingerprint density at radius 3 is 2.22 bits per heavy atom. The molecule has 2 heterocycles. The van der Waals surface area contributed by atoms with Crippen LogP contribution in [0.5, 0.6) is 17.2 Å².